The van der Waals surface area contributed by atoms with Gasteiger partial charge in [-0.1, -0.05) is 11.8 Å². The summed E-state index contributed by atoms with van der Waals surface area (Å²) in [7, 11) is 0. The summed E-state index contributed by atoms with van der Waals surface area (Å²) in [5.74, 6) is 2.08. The fourth-order valence-electron chi connectivity index (χ4n) is 6.13. The monoisotopic (exact) mass is 543 g/mol. The summed E-state index contributed by atoms with van der Waals surface area (Å²) in [5.41, 5.74) is 12.2. The Kier molecular flexibility index (Phi) is 6.70. The van der Waals surface area contributed by atoms with E-state index < -0.39 is 6.09 Å². The highest BCUT2D eigenvalue weighted by atomic mass is 32.2. The number of primary amides is 1. The first-order valence-electron chi connectivity index (χ1n) is 13.0. The second-order valence-electron chi connectivity index (χ2n) is 10.5. The lowest BCUT2D eigenvalue weighted by molar-refractivity contribution is 0.0973. The Balaban J connectivity index is 1.17. The van der Waals surface area contributed by atoms with E-state index in [1.165, 1.54) is 11.8 Å². The van der Waals surface area contributed by atoms with E-state index in [0.717, 1.165) is 30.8 Å². The average Bonchev–Trinajstić information content (AvgIpc) is 3.45. The van der Waals surface area contributed by atoms with Gasteiger partial charge in [0.15, 0.2) is 17.4 Å². The maximum absolute atomic E-state index is 11.2. The van der Waals surface area contributed by atoms with E-state index in [2.05, 4.69) is 14.8 Å². The van der Waals surface area contributed by atoms with Crippen LogP contribution in [0, 0.1) is 5.41 Å². The van der Waals surface area contributed by atoms with Crippen molar-refractivity contribution in [3.05, 3.63) is 24.2 Å². The highest BCUT2D eigenvalue weighted by Gasteiger charge is 2.48. The third-order valence-electron chi connectivity index (χ3n) is 8.27. The van der Waals surface area contributed by atoms with E-state index in [4.69, 9.17) is 35.6 Å². The zero-order chi connectivity index (χ0) is 26.4. The molecule has 3 saturated heterocycles. The number of piperidine rings is 1. The zero-order valence-corrected chi connectivity index (χ0v) is 22.1. The van der Waals surface area contributed by atoms with Gasteiger partial charge in [-0.2, -0.15) is 0 Å². The number of ether oxygens (including phenoxy) is 3. The van der Waals surface area contributed by atoms with Gasteiger partial charge in [0, 0.05) is 37.2 Å². The molecular formula is C25H33N7O5S. The van der Waals surface area contributed by atoms with Crippen LogP contribution in [0.3, 0.4) is 0 Å². The summed E-state index contributed by atoms with van der Waals surface area (Å²) < 4.78 is 17.2. The lowest BCUT2D eigenvalue weighted by atomic mass is 9.73. The molecule has 3 fully saturated rings. The van der Waals surface area contributed by atoms with Gasteiger partial charge in [0.1, 0.15) is 23.4 Å². The average molecular weight is 544 g/mol. The second-order valence-corrected chi connectivity index (χ2v) is 11.6. The van der Waals surface area contributed by atoms with Crippen LogP contribution in [-0.2, 0) is 16.1 Å². The van der Waals surface area contributed by atoms with E-state index >= 15 is 0 Å². The van der Waals surface area contributed by atoms with Gasteiger partial charge in [-0.05, 0) is 25.8 Å². The Morgan fingerprint density at radius 3 is 2.84 bits per heavy atom. The molecule has 0 radical (unpaired) electrons. The van der Waals surface area contributed by atoms with Crippen molar-refractivity contribution in [3.8, 4) is 5.75 Å². The molecule has 4 atom stereocenters. The number of pyridine rings is 1. The highest BCUT2D eigenvalue weighted by molar-refractivity contribution is 7.99. The molecule has 1 spiro atoms. The molecule has 38 heavy (non-hydrogen) atoms. The fraction of sp³-hybridized carbons (Fsp3) is 0.600. The molecule has 6 rings (SSSR count). The zero-order valence-electron chi connectivity index (χ0n) is 21.3. The molecule has 204 valence electrons. The first-order chi connectivity index (χ1) is 18.4. The van der Waals surface area contributed by atoms with Crippen LogP contribution in [0.4, 0.5) is 16.4 Å². The van der Waals surface area contributed by atoms with Gasteiger partial charge in [0.25, 0.3) is 0 Å². The number of rotatable bonds is 5. The van der Waals surface area contributed by atoms with Crippen molar-refractivity contribution in [3.63, 3.8) is 0 Å². The number of hydrogen-bond donors (Lipinski definition) is 3. The van der Waals surface area contributed by atoms with Crippen molar-refractivity contribution >= 4 is 29.5 Å². The van der Waals surface area contributed by atoms with Crippen LogP contribution in [-0.4, -0.2) is 83.3 Å². The van der Waals surface area contributed by atoms with Crippen LogP contribution >= 0.6 is 11.8 Å². The van der Waals surface area contributed by atoms with E-state index in [0.29, 0.717) is 54.3 Å². The second kappa shape index (κ2) is 10.0. The number of nitrogens with two attached hydrogens (primary N) is 2. The van der Waals surface area contributed by atoms with Crippen molar-refractivity contribution in [2.24, 2.45) is 16.9 Å². The SMILES string of the molecule is C[C@@H]1OCC2(CCN(c3ncc(Sc4ccnc5c4OC[C@@H]4C[C@@H](OC(N)=O)CN54)nc3CO)CC2)[C@@H]1N. The van der Waals surface area contributed by atoms with Crippen molar-refractivity contribution in [1.82, 2.24) is 15.0 Å². The molecule has 4 aliphatic rings. The fourth-order valence-corrected chi connectivity index (χ4v) is 6.99. The third-order valence-corrected chi connectivity index (χ3v) is 9.22. The lowest BCUT2D eigenvalue weighted by Crippen LogP contribution is -2.51. The molecule has 2 aromatic rings. The van der Waals surface area contributed by atoms with Gasteiger partial charge in [-0.25, -0.2) is 19.7 Å². The first kappa shape index (κ1) is 25.4. The number of anilines is 2. The minimum absolute atomic E-state index is 0.0132. The Hall–Kier alpha value is -2.87. The lowest BCUT2D eigenvalue weighted by Gasteiger charge is -2.41. The predicted octanol–water partition coefficient (Wildman–Crippen LogP) is 1.28. The summed E-state index contributed by atoms with van der Waals surface area (Å²) in [5, 5.41) is 10.8. The Labute approximate surface area is 225 Å². The van der Waals surface area contributed by atoms with Crippen LogP contribution in [0.5, 0.6) is 5.75 Å². The van der Waals surface area contributed by atoms with E-state index in [9.17, 15) is 9.90 Å². The molecule has 0 aliphatic carbocycles. The number of carbonyl (C=O) groups is 1. The van der Waals surface area contributed by atoms with Crippen molar-refractivity contribution in [2.75, 3.05) is 42.6 Å². The van der Waals surface area contributed by atoms with Gasteiger partial charge in [0.2, 0.25) is 0 Å². The van der Waals surface area contributed by atoms with E-state index in [1.807, 2.05) is 13.0 Å². The number of amides is 1. The Morgan fingerprint density at radius 1 is 1.32 bits per heavy atom. The predicted molar refractivity (Wildman–Crippen MR) is 139 cm³/mol. The standard InChI is InChI=1S/C25H33N7O5S/c1-14-21(26)25(13-36-14)3-6-31(7-4-25)22-17(11-33)30-19(9-29-22)38-18-2-5-28-23-20(18)35-12-15-8-16(10-32(15)23)37-24(27)34/h2,5,9,14-16,21,33H,3-4,6-8,10-13,26H2,1H3,(H2,27,34)/t14-,15-,16+,21+/m0/s1. The summed E-state index contributed by atoms with van der Waals surface area (Å²) in [6.45, 7) is 5.10. The molecule has 2 aromatic heterocycles. The van der Waals surface area contributed by atoms with Crippen LogP contribution in [0.15, 0.2) is 28.4 Å². The van der Waals surface area contributed by atoms with Crippen molar-refractivity contribution < 1.29 is 24.1 Å². The summed E-state index contributed by atoms with van der Waals surface area (Å²) in [6, 6.07) is 1.98. The molecular weight excluding hydrogens is 510 g/mol. The maximum atomic E-state index is 11.2. The molecule has 13 heteroatoms. The summed E-state index contributed by atoms with van der Waals surface area (Å²) in [6.07, 6.45) is 4.96. The number of nitrogens with zero attached hydrogens (tertiary/aromatic N) is 5. The van der Waals surface area contributed by atoms with E-state index in [-0.39, 0.29) is 36.3 Å². The normalized spacial score (nSPS) is 27.7. The van der Waals surface area contributed by atoms with Crippen LogP contribution in [0.1, 0.15) is 31.9 Å². The molecule has 12 nitrogen and oxygen atoms in total. The molecule has 6 heterocycles. The quantitative estimate of drug-likeness (QED) is 0.496. The van der Waals surface area contributed by atoms with Gasteiger partial charge < -0.3 is 40.6 Å². The number of fused-ring (bicyclic) bond motifs is 3. The molecule has 0 saturated carbocycles. The number of aromatic nitrogens is 3. The minimum Gasteiger partial charge on any atom is -0.486 e. The van der Waals surface area contributed by atoms with Gasteiger partial charge in [0.05, 0.1) is 43.0 Å². The van der Waals surface area contributed by atoms with Gasteiger partial charge in [-0.15, -0.1) is 0 Å². The smallest absolute Gasteiger partial charge is 0.404 e. The highest BCUT2D eigenvalue weighted by Crippen LogP contribution is 2.45. The Bertz CT molecular complexity index is 1210. The maximum Gasteiger partial charge on any atom is 0.404 e. The minimum atomic E-state index is -0.773. The van der Waals surface area contributed by atoms with Crippen molar-refractivity contribution in [1.29, 1.82) is 0 Å². The molecule has 4 aliphatic heterocycles. The molecule has 0 bridgehead atoms. The van der Waals surface area contributed by atoms with Crippen molar-refractivity contribution in [2.45, 2.75) is 67.0 Å². The molecule has 0 unspecified atom stereocenters. The van der Waals surface area contributed by atoms with Crippen LogP contribution in [0.25, 0.3) is 0 Å². The van der Waals surface area contributed by atoms with Crippen LogP contribution in [0.2, 0.25) is 0 Å². The summed E-state index contributed by atoms with van der Waals surface area (Å²) >= 11 is 1.42. The molecule has 0 aromatic carbocycles. The number of aliphatic hydroxyl groups excluding tert-OH is 1. The topological polar surface area (TPSA) is 162 Å². The molecule has 1 amide bonds. The molecule has 5 N–H and O–H groups in total. The van der Waals surface area contributed by atoms with Gasteiger partial charge >= 0.3 is 6.09 Å². The Morgan fingerprint density at radius 2 is 2.13 bits per heavy atom. The number of aliphatic hydroxyl groups is 1. The van der Waals surface area contributed by atoms with Crippen LogP contribution < -0.4 is 26.0 Å². The first-order valence-corrected chi connectivity index (χ1v) is 13.8. The van der Waals surface area contributed by atoms with E-state index in [1.54, 1.807) is 12.4 Å². The third kappa shape index (κ3) is 4.51. The summed E-state index contributed by atoms with van der Waals surface area (Å²) in [4.78, 5) is 30.3. The number of hydrogen-bond acceptors (Lipinski definition) is 12. The number of carbonyl (C=O) groups excluding carboxylic acids is 1. The largest absolute Gasteiger partial charge is 0.486 e. The van der Waals surface area contributed by atoms with Gasteiger partial charge in [-0.3, -0.25) is 0 Å².